The summed E-state index contributed by atoms with van der Waals surface area (Å²) in [4.78, 5) is 17.6. The zero-order valence-corrected chi connectivity index (χ0v) is 16.6. The Labute approximate surface area is 155 Å². The summed E-state index contributed by atoms with van der Waals surface area (Å²) in [5.41, 5.74) is 0.0629. The number of nitrogens with zero attached hydrogens (tertiary/aromatic N) is 1. The lowest BCUT2D eigenvalue weighted by atomic mass is 9.86. The Morgan fingerprint density at radius 1 is 1.36 bits per heavy atom. The second-order valence-corrected chi connectivity index (χ2v) is 8.18. The fraction of sp³-hybridized carbons (Fsp3) is 0.684. The van der Waals surface area contributed by atoms with Gasteiger partial charge in [-0.05, 0) is 44.1 Å². The molecular formula is C19H31N3O2S. The topological polar surface area (TPSA) is 62.7 Å². The van der Waals surface area contributed by atoms with Crippen molar-refractivity contribution in [3.05, 3.63) is 22.4 Å². The Kier molecular flexibility index (Phi) is 7.29. The van der Waals surface area contributed by atoms with Crippen LogP contribution in [0.15, 0.2) is 22.5 Å². The summed E-state index contributed by atoms with van der Waals surface area (Å²) in [5.74, 6) is 0.858. The summed E-state index contributed by atoms with van der Waals surface area (Å²) in [6.45, 7) is 7.63. The Bertz CT molecular complexity index is 561. The van der Waals surface area contributed by atoms with Gasteiger partial charge in [0, 0.05) is 29.9 Å². The van der Waals surface area contributed by atoms with Gasteiger partial charge in [-0.15, -0.1) is 11.3 Å². The van der Waals surface area contributed by atoms with Gasteiger partial charge in [-0.1, -0.05) is 19.9 Å². The van der Waals surface area contributed by atoms with Crippen LogP contribution in [0.4, 0.5) is 0 Å². The summed E-state index contributed by atoms with van der Waals surface area (Å²) < 4.78 is 5.14. The number of nitrogens with one attached hydrogen (secondary N) is 2. The average molecular weight is 366 g/mol. The molecule has 0 atom stereocenters. The number of guanidine groups is 1. The largest absolute Gasteiger partial charge is 0.466 e. The van der Waals surface area contributed by atoms with Gasteiger partial charge in [-0.2, -0.15) is 0 Å². The van der Waals surface area contributed by atoms with Crippen molar-refractivity contribution in [2.75, 3.05) is 20.2 Å². The fourth-order valence-corrected chi connectivity index (χ4v) is 4.03. The van der Waals surface area contributed by atoms with Crippen molar-refractivity contribution in [1.29, 1.82) is 0 Å². The van der Waals surface area contributed by atoms with E-state index in [2.05, 4.69) is 47.0 Å². The summed E-state index contributed by atoms with van der Waals surface area (Å²) in [5, 5.41) is 9.08. The molecule has 1 aliphatic carbocycles. The van der Waals surface area contributed by atoms with E-state index in [1.54, 1.807) is 18.4 Å². The highest BCUT2D eigenvalue weighted by Gasteiger charge is 2.28. The lowest BCUT2D eigenvalue weighted by Crippen LogP contribution is -2.48. The van der Waals surface area contributed by atoms with Gasteiger partial charge in [0.2, 0.25) is 0 Å². The van der Waals surface area contributed by atoms with Crippen LogP contribution in [0.3, 0.4) is 0 Å². The number of esters is 1. The van der Waals surface area contributed by atoms with Gasteiger partial charge >= 0.3 is 5.97 Å². The molecule has 0 bridgehead atoms. The van der Waals surface area contributed by atoms with E-state index in [9.17, 15) is 4.79 Å². The third-order valence-electron chi connectivity index (χ3n) is 4.80. The van der Waals surface area contributed by atoms with E-state index in [0.717, 1.165) is 38.2 Å². The molecule has 140 valence electrons. The lowest BCUT2D eigenvalue weighted by Gasteiger charge is -2.30. The van der Waals surface area contributed by atoms with Gasteiger partial charge in [0.1, 0.15) is 0 Å². The van der Waals surface area contributed by atoms with Gasteiger partial charge in [0.05, 0.1) is 12.5 Å². The molecule has 5 nitrogen and oxygen atoms in total. The zero-order valence-electron chi connectivity index (χ0n) is 15.8. The minimum atomic E-state index is -0.0406. The van der Waals surface area contributed by atoms with Crippen molar-refractivity contribution in [1.82, 2.24) is 10.6 Å². The number of carbonyl (C=O) groups excluding carboxylic acids is 1. The maximum Gasteiger partial charge on any atom is 0.308 e. The van der Waals surface area contributed by atoms with Crippen LogP contribution < -0.4 is 10.6 Å². The van der Waals surface area contributed by atoms with E-state index < -0.39 is 0 Å². The second-order valence-electron chi connectivity index (χ2n) is 7.23. The first kappa shape index (κ1) is 19.8. The third kappa shape index (κ3) is 5.73. The molecule has 0 aromatic carbocycles. The SMILES string of the molecule is CCOC(=O)C1CCC(NC(=NC)NCC(C)(C)c2cccs2)CC1. The van der Waals surface area contributed by atoms with Gasteiger partial charge in [-0.3, -0.25) is 9.79 Å². The smallest absolute Gasteiger partial charge is 0.308 e. The van der Waals surface area contributed by atoms with E-state index >= 15 is 0 Å². The van der Waals surface area contributed by atoms with Crippen LogP contribution in [-0.4, -0.2) is 38.2 Å². The average Bonchev–Trinajstić information content (AvgIpc) is 3.15. The summed E-state index contributed by atoms with van der Waals surface area (Å²) in [6.07, 6.45) is 3.71. The first-order valence-corrected chi connectivity index (χ1v) is 10.0. The summed E-state index contributed by atoms with van der Waals surface area (Å²) >= 11 is 1.79. The molecule has 0 amide bonds. The Morgan fingerprint density at radius 3 is 2.64 bits per heavy atom. The van der Waals surface area contributed by atoms with Crippen molar-refractivity contribution in [3.8, 4) is 0 Å². The normalized spacial score (nSPS) is 21.7. The first-order valence-electron chi connectivity index (χ1n) is 9.14. The van der Waals surface area contributed by atoms with E-state index in [1.165, 1.54) is 4.88 Å². The van der Waals surface area contributed by atoms with Crippen LogP contribution >= 0.6 is 11.3 Å². The van der Waals surface area contributed by atoms with Crippen molar-refractivity contribution in [2.45, 2.75) is 57.9 Å². The number of aliphatic imine (C=N–C) groups is 1. The van der Waals surface area contributed by atoms with Crippen LogP contribution in [0.25, 0.3) is 0 Å². The van der Waals surface area contributed by atoms with Gasteiger partial charge in [0.15, 0.2) is 5.96 Å². The molecule has 1 aromatic rings. The number of thiophene rings is 1. The van der Waals surface area contributed by atoms with Crippen LogP contribution in [-0.2, 0) is 14.9 Å². The van der Waals surface area contributed by atoms with Crippen molar-refractivity contribution < 1.29 is 9.53 Å². The maximum absolute atomic E-state index is 11.8. The highest BCUT2D eigenvalue weighted by atomic mass is 32.1. The van der Waals surface area contributed by atoms with Crippen molar-refractivity contribution in [2.24, 2.45) is 10.9 Å². The van der Waals surface area contributed by atoms with Gasteiger partial charge in [-0.25, -0.2) is 0 Å². The molecule has 2 rings (SSSR count). The molecule has 1 aliphatic rings. The molecular weight excluding hydrogens is 334 g/mol. The molecule has 1 saturated carbocycles. The van der Waals surface area contributed by atoms with Gasteiger partial charge in [0.25, 0.3) is 0 Å². The Morgan fingerprint density at radius 2 is 2.08 bits per heavy atom. The first-order chi connectivity index (χ1) is 12.0. The molecule has 0 unspecified atom stereocenters. The van der Waals surface area contributed by atoms with Crippen LogP contribution in [0.1, 0.15) is 51.3 Å². The number of carbonyl (C=O) groups is 1. The van der Waals surface area contributed by atoms with E-state index in [4.69, 9.17) is 4.74 Å². The number of hydrogen-bond donors (Lipinski definition) is 2. The van der Waals surface area contributed by atoms with Gasteiger partial charge < -0.3 is 15.4 Å². The predicted molar refractivity (Wildman–Crippen MR) is 104 cm³/mol. The summed E-state index contributed by atoms with van der Waals surface area (Å²) in [6, 6.07) is 4.64. The van der Waals surface area contributed by atoms with Crippen LogP contribution in [0.2, 0.25) is 0 Å². The number of hydrogen-bond acceptors (Lipinski definition) is 4. The molecule has 1 fully saturated rings. The predicted octanol–water partition coefficient (Wildman–Crippen LogP) is 3.31. The third-order valence-corrected chi connectivity index (χ3v) is 6.03. The maximum atomic E-state index is 11.8. The van der Waals surface area contributed by atoms with Crippen LogP contribution in [0.5, 0.6) is 0 Å². The molecule has 6 heteroatoms. The van der Waals surface area contributed by atoms with E-state index in [-0.39, 0.29) is 17.3 Å². The molecule has 1 heterocycles. The molecule has 0 aliphatic heterocycles. The number of rotatable bonds is 6. The lowest BCUT2D eigenvalue weighted by molar-refractivity contribution is -0.149. The minimum Gasteiger partial charge on any atom is -0.466 e. The fourth-order valence-electron chi connectivity index (χ4n) is 3.18. The molecule has 2 N–H and O–H groups in total. The standard InChI is InChI=1S/C19H31N3O2S/c1-5-24-17(23)14-8-10-15(11-9-14)22-18(20-4)21-13-19(2,3)16-7-6-12-25-16/h6-7,12,14-15H,5,8-11,13H2,1-4H3,(H2,20,21,22). The number of ether oxygens (including phenoxy) is 1. The molecule has 1 aromatic heterocycles. The highest BCUT2D eigenvalue weighted by Crippen LogP contribution is 2.27. The highest BCUT2D eigenvalue weighted by molar-refractivity contribution is 7.10. The molecule has 0 radical (unpaired) electrons. The van der Waals surface area contributed by atoms with E-state index in [0.29, 0.717) is 12.6 Å². The summed E-state index contributed by atoms with van der Waals surface area (Å²) in [7, 11) is 1.80. The Hall–Kier alpha value is -1.56. The minimum absolute atomic E-state index is 0.0406. The van der Waals surface area contributed by atoms with Crippen molar-refractivity contribution >= 4 is 23.3 Å². The molecule has 0 spiro atoms. The molecule has 0 saturated heterocycles. The zero-order chi connectivity index (χ0) is 18.3. The molecule has 25 heavy (non-hydrogen) atoms. The van der Waals surface area contributed by atoms with Crippen molar-refractivity contribution in [3.63, 3.8) is 0 Å². The van der Waals surface area contributed by atoms with Crippen LogP contribution in [0, 0.1) is 5.92 Å². The van der Waals surface area contributed by atoms with E-state index in [1.807, 2.05) is 6.92 Å². The Balaban J connectivity index is 1.78. The second kappa shape index (κ2) is 9.22. The monoisotopic (exact) mass is 365 g/mol. The quantitative estimate of drug-likeness (QED) is 0.461.